The highest BCUT2D eigenvalue weighted by Crippen LogP contribution is 2.57. The van der Waals surface area contributed by atoms with Crippen molar-refractivity contribution < 1.29 is 14.9 Å². The summed E-state index contributed by atoms with van der Waals surface area (Å²) in [4.78, 5) is 0. The molecule has 1 fully saturated rings. The van der Waals surface area contributed by atoms with Crippen LogP contribution in [0.25, 0.3) is 0 Å². The molecule has 3 atom stereocenters. The highest BCUT2D eigenvalue weighted by Gasteiger charge is 2.53. The lowest BCUT2D eigenvalue weighted by Gasteiger charge is -2.56. The van der Waals surface area contributed by atoms with Crippen LogP contribution in [0.3, 0.4) is 0 Å². The van der Waals surface area contributed by atoms with Crippen LogP contribution in [0.5, 0.6) is 11.5 Å². The van der Waals surface area contributed by atoms with E-state index >= 15 is 0 Å². The molecule has 21 heavy (non-hydrogen) atoms. The summed E-state index contributed by atoms with van der Waals surface area (Å²) >= 11 is 0. The number of benzene rings is 1. The van der Waals surface area contributed by atoms with Crippen molar-refractivity contribution in [1.29, 1.82) is 0 Å². The molecule has 1 aromatic carbocycles. The lowest BCUT2D eigenvalue weighted by Crippen LogP contribution is -2.53. The van der Waals surface area contributed by atoms with Gasteiger partial charge in [-0.05, 0) is 65.7 Å². The average molecular weight is 290 g/mol. The van der Waals surface area contributed by atoms with Crippen LogP contribution in [0.4, 0.5) is 0 Å². The maximum Gasteiger partial charge on any atom is 0.160 e. The second kappa shape index (κ2) is 4.64. The first kappa shape index (κ1) is 14.7. The number of aryl methyl sites for hydroxylation is 1. The number of phenolic OH excluding ortho intramolecular Hbond substituents is 1. The SMILES string of the molecule is COc1cc2c(cc1O)C1(C)CCC(O)C(C)(C)C1CC2. The van der Waals surface area contributed by atoms with E-state index in [1.807, 2.05) is 12.1 Å². The summed E-state index contributed by atoms with van der Waals surface area (Å²) in [7, 11) is 1.59. The van der Waals surface area contributed by atoms with Crippen LogP contribution in [0.1, 0.15) is 51.2 Å². The smallest absolute Gasteiger partial charge is 0.160 e. The van der Waals surface area contributed by atoms with Gasteiger partial charge in [0.05, 0.1) is 13.2 Å². The van der Waals surface area contributed by atoms with E-state index in [-0.39, 0.29) is 22.7 Å². The summed E-state index contributed by atoms with van der Waals surface area (Å²) in [6.07, 6.45) is 3.64. The van der Waals surface area contributed by atoms with Gasteiger partial charge in [-0.3, -0.25) is 0 Å². The van der Waals surface area contributed by atoms with Crippen LogP contribution in [0.2, 0.25) is 0 Å². The van der Waals surface area contributed by atoms with Gasteiger partial charge in [0.25, 0.3) is 0 Å². The third-order valence-corrected chi connectivity index (χ3v) is 6.19. The molecule has 0 aromatic heterocycles. The third-order valence-electron chi connectivity index (χ3n) is 6.19. The Morgan fingerprint density at radius 1 is 1.19 bits per heavy atom. The zero-order chi connectivity index (χ0) is 15.4. The molecule has 0 saturated heterocycles. The molecule has 0 radical (unpaired) electrons. The fourth-order valence-corrected chi connectivity index (χ4v) is 4.86. The molecule has 2 aliphatic rings. The number of aromatic hydroxyl groups is 1. The van der Waals surface area contributed by atoms with Crippen LogP contribution < -0.4 is 4.74 Å². The van der Waals surface area contributed by atoms with Crippen LogP contribution in [-0.4, -0.2) is 23.4 Å². The molecule has 0 bridgehead atoms. The first-order chi connectivity index (χ1) is 9.80. The largest absolute Gasteiger partial charge is 0.504 e. The van der Waals surface area contributed by atoms with Crippen molar-refractivity contribution in [2.75, 3.05) is 7.11 Å². The molecule has 2 N–H and O–H groups in total. The van der Waals surface area contributed by atoms with Gasteiger partial charge in [-0.25, -0.2) is 0 Å². The molecule has 3 nitrogen and oxygen atoms in total. The van der Waals surface area contributed by atoms with E-state index in [9.17, 15) is 10.2 Å². The Morgan fingerprint density at radius 3 is 2.57 bits per heavy atom. The van der Waals surface area contributed by atoms with Gasteiger partial charge in [-0.1, -0.05) is 20.8 Å². The zero-order valence-corrected chi connectivity index (χ0v) is 13.4. The molecule has 1 saturated carbocycles. The quantitative estimate of drug-likeness (QED) is 0.833. The number of rotatable bonds is 1. The molecule has 1 aromatic rings. The van der Waals surface area contributed by atoms with E-state index in [0.717, 1.165) is 25.7 Å². The van der Waals surface area contributed by atoms with Gasteiger partial charge < -0.3 is 14.9 Å². The van der Waals surface area contributed by atoms with Gasteiger partial charge in [0, 0.05) is 0 Å². The van der Waals surface area contributed by atoms with Crippen molar-refractivity contribution in [3.8, 4) is 11.5 Å². The maximum atomic E-state index is 10.4. The number of ether oxygens (including phenoxy) is 1. The summed E-state index contributed by atoms with van der Waals surface area (Å²) in [5.41, 5.74) is 2.48. The molecule has 116 valence electrons. The summed E-state index contributed by atoms with van der Waals surface area (Å²) in [6.45, 7) is 6.68. The minimum Gasteiger partial charge on any atom is -0.504 e. The monoisotopic (exact) mass is 290 g/mol. The van der Waals surface area contributed by atoms with Crippen LogP contribution in [0, 0.1) is 11.3 Å². The molecule has 2 aliphatic carbocycles. The number of aliphatic hydroxyl groups is 1. The van der Waals surface area contributed by atoms with Gasteiger partial charge in [0.1, 0.15) is 0 Å². The lowest BCUT2D eigenvalue weighted by molar-refractivity contribution is -0.0731. The fraction of sp³-hybridized carbons (Fsp3) is 0.667. The molecule has 0 amide bonds. The lowest BCUT2D eigenvalue weighted by atomic mass is 9.49. The molecule has 0 heterocycles. The number of aliphatic hydroxyl groups excluding tert-OH is 1. The Bertz CT molecular complexity index is 564. The van der Waals surface area contributed by atoms with Crippen LogP contribution >= 0.6 is 0 Å². The second-order valence-electron chi connectivity index (χ2n) is 7.57. The van der Waals surface area contributed by atoms with Crippen molar-refractivity contribution >= 4 is 0 Å². The Morgan fingerprint density at radius 2 is 1.90 bits per heavy atom. The standard InChI is InChI=1S/C18H26O3/c1-17(2)15-6-5-11-9-14(21-4)13(19)10-12(11)18(15,3)8-7-16(17)20/h9-10,15-16,19-20H,5-8H2,1-4H3. The summed E-state index contributed by atoms with van der Waals surface area (Å²) in [6, 6.07) is 3.89. The number of phenols is 1. The topological polar surface area (TPSA) is 49.7 Å². The Hall–Kier alpha value is -1.22. The fourth-order valence-electron chi connectivity index (χ4n) is 4.86. The predicted molar refractivity (Wildman–Crippen MR) is 82.8 cm³/mol. The Kier molecular flexibility index (Phi) is 3.25. The molecule has 3 unspecified atom stereocenters. The maximum absolute atomic E-state index is 10.4. The van der Waals surface area contributed by atoms with Crippen molar-refractivity contribution in [2.24, 2.45) is 11.3 Å². The summed E-state index contributed by atoms with van der Waals surface area (Å²) in [5.74, 6) is 1.22. The van der Waals surface area contributed by atoms with Crippen LogP contribution in [-0.2, 0) is 11.8 Å². The molecular weight excluding hydrogens is 264 g/mol. The Balaban J connectivity index is 2.12. The zero-order valence-electron chi connectivity index (χ0n) is 13.4. The van der Waals surface area contributed by atoms with E-state index in [0.29, 0.717) is 11.7 Å². The van der Waals surface area contributed by atoms with E-state index in [4.69, 9.17) is 4.74 Å². The number of hydrogen-bond acceptors (Lipinski definition) is 3. The molecule has 0 aliphatic heterocycles. The number of fused-ring (bicyclic) bond motifs is 3. The minimum absolute atomic E-state index is 0.0278. The normalized spacial score (nSPS) is 34.0. The van der Waals surface area contributed by atoms with Crippen molar-refractivity contribution in [1.82, 2.24) is 0 Å². The van der Waals surface area contributed by atoms with Crippen LogP contribution in [0.15, 0.2) is 12.1 Å². The highest BCUT2D eigenvalue weighted by atomic mass is 16.5. The van der Waals surface area contributed by atoms with E-state index in [1.54, 1.807) is 7.11 Å². The second-order valence-corrected chi connectivity index (χ2v) is 7.57. The van der Waals surface area contributed by atoms with Gasteiger partial charge in [0.15, 0.2) is 11.5 Å². The molecule has 3 rings (SSSR count). The Labute approximate surface area is 127 Å². The first-order valence-electron chi connectivity index (χ1n) is 7.89. The average Bonchev–Trinajstić information content (AvgIpc) is 2.43. The van der Waals surface area contributed by atoms with E-state index < -0.39 is 0 Å². The van der Waals surface area contributed by atoms with E-state index in [2.05, 4.69) is 20.8 Å². The summed E-state index contributed by atoms with van der Waals surface area (Å²) in [5, 5.41) is 20.6. The first-order valence-corrected chi connectivity index (χ1v) is 7.89. The van der Waals surface area contributed by atoms with Crippen molar-refractivity contribution in [3.63, 3.8) is 0 Å². The van der Waals surface area contributed by atoms with Crippen molar-refractivity contribution in [2.45, 2.75) is 58.0 Å². The molecule has 3 heteroatoms. The molecular formula is C18H26O3. The number of hydrogen-bond donors (Lipinski definition) is 2. The highest BCUT2D eigenvalue weighted by molar-refractivity contribution is 5.51. The van der Waals surface area contributed by atoms with E-state index in [1.165, 1.54) is 11.1 Å². The van der Waals surface area contributed by atoms with Gasteiger partial charge in [-0.2, -0.15) is 0 Å². The van der Waals surface area contributed by atoms with Gasteiger partial charge in [0.2, 0.25) is 0 Å². The van der Waals surface area contributed by atoms with Crippen molar-refractivity contribution in [3.05, 3.63) is 23.3 Å². The number of methoxy groups -OCH3 is 1. The van der Waals surface area contributed by atoms with Gasteiger partial charge >= 0.3 is 0 Å². The van der Waals surface area contributed by atoms with Gasteiger partial charge in [-0.15, -0.1) is 0 Å². The molecule has 0 spiro atoms. The third kappa shape index (κ3) is 1.97. The minimum atomic E-state index is -0.232. The summed E-state index contributed by atoms with van der Waals surface area (Å²) < 4.78 is 5.25. The predicted octanol–water partition coefficient (Wildman–Crippen LogP) is 3.40.